The van der Waals surface area contributed by atoms with Gasteiger partial charge in [0.05, 0.1) is 5.69 Å². The van der Waals surface area contributed by atoms with E-state index in [2.05, 4.69) is 198 Å². The molecule has 7 aromatic rings. The van der Waals surface area contributed by atoms with E-state index in [9.17, 15) is 0 Å². The molecule has 59 heavy (non-hydrogen) atoms. The van der Waals surface area contributed by atoms with Crippen molar-refractivity contribution in [1.82, 2.24) is 4.98 Å². The minimum atomic E-state index is -0.0533. The van der Waals surface area contributed by atoms with Crippen LogP contribution in [-0.2, 0) is 26.5 Å². The summed E-state index contributed by atoms with van der Waals surface area (Å²) in [6.07, 6.45) is 1.91. The van der Waals surface area contributed by atoms with Gasteiger partial charge in [0.1, 0.15) is 5.82 Å². The molecule has 0 saturated carbocycles. The van der Waals surface area contributed by atoms with Crippen LogP contribution in [0.5, 0.6) is 11.5 Å². The van der Waals surface area contributed by atoms with Gasteiger partial charge < -0.3 is 19.4 Å². The number of fused-ring (bicyclic) bond motifs is 6. The second kappa shape index (κ2) is 15.8. The number of nitrogens with zero attached hydrogens (tertiary/aromatic N) is 4. The van der Waals surface area contributed by atoms with Gasteiger partial charge in [-0.1, -0.05) is 132 Å². The zero-order valence-corrected chi connectivity index (χ0v) is 37.2. The van der Waals surface area contributed by atoms with Crippen LogP contribution in [0.2, 0.25) is 0 Å². The number of hydrogen-bond donors (Lipinski definition) is 0. The summed E-state index contributed by atoms with van der Waals surface area (Å²) in [7, 11) is 0. The molecule has 6 aromatic carbocycles. The third-order valence-electron chi connectivity index (χ3n) is 11.3. The number of anilines is 7. The van der Waals surface area contributed by atoms with Crippen molar-refractivity contribution in [2.75, 3.05) is 14.7 Å². The van der Waals surface area contributed by atoms with E-state index in [0.29, 0.717) is 23.3 Å². The van der Waals surface area contributed by atoms with Crippen molar-refractivity contribution >= 4 is 39.9 Å². The van der Waals surface area contributed by atoms with Crippen molar-refractivity contribution in [2.45, 2.75) is 72.6 Å². The number of benzene rings is 6. The van der Waals surface area contributed by atoms with Gasteiger partial charge in [0.15, 0.2) is 0 Å². The van der Waals surface area contributed by atoms with Gasteiger partial charge in [0.25, 0.3) is 0 Å². The Morgan fingerprint density at radius 2 is 1.20 bits per heavy atom. The van der Waals surface area contributed by atoms with Crippen molar-refractivity contribution in [3.8, 4) is 33.8 Å². The molecule has 0 amide bonds. The molecule has 0 unspecified atom stereocenters. The number of hydrogen-bond acceptors (Lipinski definition) is 5. The Balaban J connectivity index is 0.00000484. The summed E-state index contributed by atoms with van der Waals surface area (Å²) >= 11 is 0. The Hall–Kier alpha value is -5.64. The maximum absolute atomic E-state index is 6.73. The first kappa shape index (κ1) is 40.2. The zero-order valence-electron chi connectivity index (χ0n) is 34.9. The van der Waals surface area contributed by atoms with Gasteiger partial charge in [-0.25, -0.2) is 4.98 Å². The Morgan fingerprint density at radius 1 is 0.610 bits per heavy atom. The summed E-state index contributed by atoms with van der Waals surface area (Å²) in [4.78, 5) is 11.8. The largest absolute Gasteiger partial charge is 0.509 e. The first-order chi connectivity index (χ1) is 28.0. The molecular weight excluding hydrogens is 904 g/mol. The van der Waals surface area contributed by atoms with E-state index in [4.69, 9.17) is 9.72 Å². The molecule has 0 N–H and O–H groups in total. The Bertz CT molecular complexity index is 2650. The van der Waals surface area contributed by atoms with Gasteiger partial charge >= 0.3 is 0 Å². The van der Waals surface area contributed by atoms with Gasteiger partial charge in [-0.2, -0.15) is 12.1 Å². The van der Waals surface area contributed by atoms with E-state index < -0.39 is 0 Å². The van der Waals surface area contributed by atoms with Crippen LogP contribution in [0.15, 0.2) is 134 Å². The topological polar surface area (TPSA) is 31.8 Å². The molecule has 0 spiro atoms. The molecule has 6 heteroatoms. The Kier molecular flexibility index (Phi) is 10.8. The predicted octanol–water partition coefficient (Wildman–Crippen LogP) is 14.9. The van der Waals surface area contributed by atoms with Crippen LogP contribution in [0.3, 0.4) is 0 Å². The third-order valence-corrected chi connectivity index (χ3v) is 11.3. The second-order valence-electron chi connectivity index (χ2n) is 17.1. The number of para-hydroxylation sites is 3. The summed E-state index contributed by atoms with van der Waals surface area (Å²) < 4.78 is 6.73. The molecule has 1 aromatic heterocycles. The summed E-state index contributed by atoms with van der Waals surface area (Å²) in [5.41, 5.74) is 15.9. The molecule has 3 heterocycles. The van der Waals surface area contributed by atoms with Crippen LogP contribution >= 0.6 is 0 Å². The first-order valence-electron chi connectivity index (χ1n) is 20.3. The van der Waals surface area contributed by atoms with Crippen LogP contribution < -0.4 is 19.4 Å². The number of ether oxygens (including phenoxy) is 1. The fourth-order valence-corrected chi connectivity index (χ4v) is 8.36. The van der Waals surface area contributed by atoms with Crippen LogP contribution in [-0.4, -0.2) is 4.98 Å². The third kappa shape index (κ3) is 7.36. The van der Waals surface area contributed by atoms with Gasteiger partial charge in [-0.05, 0) is 76.8 Å². The van der Waals surface area contributed by atoms with Crippen LogP contribution in [0.1, 0.15) is 82.6 Å². The van der Waals surface area contributed by atoms with Crippen LogP contribution in [0.25, 0.3) is 22.3 Å². The molecule has 2 aliphatic rings. The average Bonchev–Trinajstić information content (AvgIpc) is 3.55. The van der Waals surface area contributed by atoms with Crippen LogP contribution in [0, 0.1) is 25.7 Å². The maximum atomic E-state index is 6.73. The molecule has 0 radical (unpaired) electrons. The Labute approximate surface area is 364 Å². The number of aryl methyl sites for hydroxylation is 1. The molecule has 0 bridgehead atoms. The number of rotatable bonds is 7. The summed E-state index contributed by atoms with van der Waals surface area (Å²) in [5, 5.41) is 0. The van der Waals surface area contributed by atoms with Crippen molar-refractivity contribution in [2.24, 2.45) is 0 Å². The van der Waals surface area contributed by atoms with Crippen LogP contribution in [0.4, 0.5) is 39.9 Å². The van der Waals surface area contributed by atoms with Crippen molar-refractivity contribution < 1.29 is 25.8 Å². The van der Waals surface area contributed by atoms with E-state index in [0.717, 1.165) is 50.9 Å². The molecule has 5 nitrogen and oxygen atoms in total. The normalized spacial score (nSPS) is 13.1. The zero-order chi connectivity index (χ0) is 40.3. The van der Waals surface area contributed by atoms with E-state index in [1.54, 1.807) is 0 Å². The number of aromatic nitrogens is 1. The fourth-order valence-electron chi connectivity index (χ4n) is 8.36. The predicted molar refractivity (Wildman–Crippen MR) is 241 cm³/mol. The Morgan fingerprint density at radius 3 is 1.86 bits per heavy atom. The van der Waals surface area contributed by atoms with Crippen molar-refractivity contribution in [3.63, 3.8) is 0 Å². The van der Waals surface area contributed by atoms with E-state index in [1.807, 2.05) is 24.4 Å². The monoisotopic (exact) mass is 952 g/mol. The molecule has 0 saturated heterocycles. The van der Waals surface area contributed by atoms with E-state index in [-0.39, 0.29) is 26.5 Å². The first-order valence-corrected chi connectivity index (χ1v) is 20.3. The maximum Gasteiger partial charge on any atom is 0.135 e. The van der Waals surface area contributed by atoms with Crippen molar-refractivity contribution in [3.05, 3.63) is 175 Å². The fraction of sp³-hybridized carbons (Fsp3) is 0.208. The van der Waals surface area contributed by atoms with E-state index >= 15 is 0 Å². The molecule has 2 aliphatic heterocycles. The quantitative estimate of drug-likeness (QED) is 0.149. The van der Waals surface area contributed by atoms with Gasteiger partial charge in [-0.3, -0.25) is 0 Å². The molecular formula is C53H49N4OPt-3. The molecule has 0 aliphatic carbocycles. The SMILES string of the molecule is Cc1cc(C(C)C)c(N2[CH-]N(c3[c-]c(Oc4[c-]c5c(cc4)-c4ccccc4-c4ccccc4N5c4cc(C(C)(C)C)ccn4)ccc3)c3ccccc32)c(C(C)C)c1.[Pt]. The summed E-state index contributed by atoms with van der Waals surface area (Å²) in [5.74, 6) is 2.75. The standard InChI is InChI=1S/C53H49N4O.Pt/c1-34(2)45-28-36(5)29-46(35(3)4)52(45)56-33-55(48-22-13-14-23-49(48)56)38-16-15-17-39(31-38)58-40-24-25-44-42-19-10-9-18-41(42)43-20-11-12-21-47(43)57(50(44)32-40)51-30-37(26-27-54-51)53(6,7)8;/h9-30,33-35H,1-8H3;/q-3;. The van der Waals surface area contributed by atoms with Gasteiger partial charge in [0, 0.05) is 61.4 Å². The smallest absolute Gasteiger partial charge is 0.135 e. The molecule has 9 rings (SSSR count). The molecule has 0 atom stereocenters. The average molecular weight is 953 g/mol. The summed E-state index contributed by atoms with van der Waals surface area (Å²) in [6, 6.07) is 52.4. The minimum Gasteiger partial charge on any atom is -0.509 e. The number of pyridine rings is 1. The van der Waals surface area contributed by atoms with Gasteiger partial charge in [0.2, 0.25) is 0 Å². The molecule has 300 valence electrons. The van der Waals surface area contributed by atoms with Crippen molar-refractivity contribution in [1.29, 1.82) is 0 Å². The minimum absolute atomic E-state index is 0. The molecule has 0 fully saturated rings. The van der Waals surface area contributed by atoms with Gasteiger partial charge in [-0.15, -0.1) is 48.3 Å². The second-order valence-corrected chi connectivity index (χ2v) is 17.1. The van der Waals surface area contributed by atoms with E-state index in [1.165, 1.54) is 33.5 Å². The summed E-state index contributed by atoms with van der Waals surface area (Å²) in [6.45, 7) is 20.3.